The van der Waals surface area contributed by atoms with Crippen molar-refractivity contribution in [3.05, 3.63) is 35.4 Å². The summed E-state index contributed by atoms with van der Waals surface area (Å²) >= 11 is 0. The van der Waals surface area contributed by atoms with Gasteiger partial charge in [0.25, 0.3) is 0 Å². The molecule has 2 heteroatoms. The van der Waals surface area contributed by atoms with Crippen molar-refractivity contribution < 1.29 is 4.74 Å². The second-order valence-corrected chi connectivity index (χ2v) is 5.74. The molecule has 0 radical (unpaired) electrons. The van der Waals surface area contributed by atoms with Crippen LogP contribution in [-0.2, 0) is 16.7 Å². The number of rotatable bonds is 0. The molecule has 1 atom stereocenters. The minimum absolute atomic E-state index is 0.0678. The van der Waals surface area contributed by atoms with Crippen molar-refractivity contribution in [2.45, 2.75) is 37.8 Å². The fourth-order valence-electron chi connectivity index (χ4n) is 3.17. The highest BCUT2D eigenvalue weighted by molar-refractivity contribution is 5.39. The number of nitrogens with one attached hydrogen (secondary N) is 1. The first-order chi connectivity index (χ1) is 7.61. The Hall–Kier alpha value is -0.860. The standard InChI is InChI=1S/C14H19NO/c1-13(2)9-16-10-14(15-13)8-7-11-5-3-4-6-12(11)14/h3-6,15H,7-10H2,1-2H3/t14-/m1/s1. The summed E-state index contributed by atoms with van der Waals surface area (Å²) in [5.41, 5.74) is 3.08. The normalized spacial score (nSPS) is 31.6. The summed E-state index contributed by atoms with van der Waals surface area (Å²) in [7, 11) is 0. The molecule has 0 unspecified atom stereocenters. The van der Waals surface area contributed by atoms with E-state index in [4.69, 9.17) is 4.74 Å². The van der Waals surface area contributed by atoms with Crippen molar-refractivity contribution in [2.24, 2.45) is 0 Å². The molecule has 2 nitrogen and oxygen atoms in total. The topological polar surface area (TPSA) is 21.3 Å². The fraction of sp³-hybridized carbons (Fsp3) is 0.571. The van der Waals surface area contributed by atoms with Gasteiger partial charge in [-0.3, -0.25) is 5.32 Å². The molecule has 1 spiro atoms. The number of ether oxygens (including phenoxy) is 1. The van der Waals surface area contributed by atoms with Gasteiger partial charge in [-0.2, -0.15) is 0 Å². The third kappa shape index (κ3) is 1.48. The highest BCUT2D eigenvalue weighted by atomic mass is 16.5. The number of fused-ring (bicyclic) bond motifs is 2. The first-order valence-corrected chi connectivity index (χ1v) is 6.07. The summed E-state index contributed by atoms with van der Waals surface area (Å²) in [6.07, 6.45) is 2.33. The molecule has 2 aliphatic rings. The number of benzene rings is 1. The van der Waals surface area contributed by atoms with Gasteiger partial charge in [-0.1, -0.05) is 24.3 Å². The smallest absolute Gasteiger partial charge is 0.0691 e. The van der Waals surface area contributed by atoms with Gasteiger partial charge in [0.1, 0.15) is 0 Å². The van der Waals surface area contributed by atoms with Gasteiger partial charge in [-0.15, -0.1) is 0 Å². The average molecular weight is 217 g/mol. The second kappa shape index (κ2) is 3.31. The molecular formula is C14H19NO. The Morgan fingerprint density at radius 3 is 2.81 bits per heavy atom. The number of morpholine rings is 1. The maximum Gasteiger partial charge on any atom is 0.0691 e. The Balaban J connectivity index is 2.01. The van der Waals surface area contributed by atoms with Crippen LogP contribution in [0.2, 0.25) is 0 Å². The molecule has 1 aromatic carbocycles. The molecule has 1 aliphatic heterocycles. The largest absolute Gasteiger partial charge is 0.377 e. The third-order valence-electron chi connectivity index (χ3n) is 3.74. The van der Waals surface area contributed by atoms with Crippen molar-refractivity contribution in [3.8, 4) is 0 Å². The monoisotopic (exact) mass is 217 g/mol. The van der Waals surface area contributed by atoms with E-state index in [1.807, 2.05) is 0 Å². The first kappa shape index (κ1) is 10.3. The van der Waals surface area contributed by atoms with Crippen LogP contribution in [0.4, 0.5) is 0 Å². The average Bonchev–Trinajstić information content (AvgIpc) is 2.57. The third-order valence-corrected chi connectivity index (χ3v) is 3.74. The molecule has 1 saturated heterocycles. The van der Waals surface area contributed by atoms with Gasteiger partial charge in [-0.25, -0.2) is 0 Å². The van der Waals surface area contributed by atoms with Gasteiger partial charge in [0.05, 0.1) is 18.8 Å². The van der Waals surface area contributed by atoms with Gasteiger partial charge in [0.2, 0.25) is 0 Å². The lowest BCUT2D eigenvalue weighted by atomic mass is 9.87. The van der Waals surface area contributed by atoms with Crippen LogP contribution in [0.1, 0.15) is 31.4 Å². The summed E-state index contributed by atoms with van der Waals surface area (Å²) in [6.45, 7) is 6.05. The van der Waals surface area contributed by atoms with Crippen LogP contribution >= 0.6 is 0 Å². The lowest BCUT2D eigenvalue weighted by molar-refractivity contribution is -0.0330. The van der Waals surface area contributed by atoms with E-state index in [0.717, 1.165) is 19.6 Å². The predicted molar refractivity (Wildman–Crippen MR) is 64.5 cm³/mol. The minimum atomic E-state index is 0.0678. The lowest BCUT2D eigenvalue weighted by Gasteiger charge is -2.44. The zero-order valence-corrected chi connectivity index (χ0v) is 10.0. The predicted octanol–water partition coefficient (Wildman–Crippen LogP) is 2.23. The van der Waals surface area contributed by atoms with E-state index in [2.05, 4.69) is 43.4 Å². The van der Waals surface area contributed by atoms with Crippen LogP contribution in [0.5, 0.6) is 0 Å². The maximum atomic E-state index is 5.82. The molecule has 16 heavy (non-hydrogen) atoms. The summed E-state index contributed by atoms with van der Waals surface area (Å²) in [4.78, 5) is 0. The molecule has 3 rings (SSSR count). The van der Waals surface area contributed by atoms with Crippen LogP contribution in [0, 0.1) is 0 Å². The van der Waals surface area contributed by atoms with Crippen molar-refractivity contribution in [2.75, 3.05) is 13.2 Å². The Kier molecular flexibility index (Phi) is 2.13. The molecule has 1 aromatic rings. The Labute approximate surface area is 97.0 Å². The van der Waals surface area contributed by atoms with Crippen molar-refractivity contribution in [3.63, 3.8) is 0 Å². The zero-order chi connectivity index (χ0) is 11.2. The van der Waals surface area contributed by atoms with Crippen LogP contribution in [0.25, 0.3) is 0 Å². The van der Waals surface area contributed by atoms with E-state index in [1.54, 1.807) is 0 Å². The maximum absolute atomic E-state index is 5.82. The number of hydrogen-bond donors (Lipinski definition) is 1. The fourth-order valence-corrected chi connectivity index (χ4v) is 3.17. The molecule has 0 saturated carbocycles. The highest BCUT2D eigenvalue weighted by Gasteiger charge is 2.45. The van der Waals surface area contributed by atoms with Crippen molar-refractivity contribution in [1.29, 1.82) is 0 Å². The molecule has 1 heterocycles. The van der Waals surface area contributed by atoms with Gasteiger partial charge in [0, 0.05) is 5.54 Å². The lowest BCUT2D eigenvalue weighted by Crippen LogP contribution is -2.61. The minimum Gasteiger partial charge on any atom is -0.377 e. The van der Waals surface area contributed by atoms with E-state index in [-0.39, 0.29) is 11.1 Å². The molecule has 1 N–H and O–H groups in total. The molecular weight excluding hydrogens is 198 g/mol. The van der Waals surface area contributed by atoms with E-state index in [9.17, 15) is 0 Å². The number of aryl methyl sites for hydroxylation is 1. The van der Waals surface area contributed by atoms with Crippen LogP contribution < -0.4 is 5.32 Å². The Bertz CT molecular complexity index is 409. The van der Waals surface area contributed by atoms with E-state index in [1.165, 1.54) is 17.5 Å². The Morgan fingerprint density at radius 1 is 1.19 bits per heavy atom. The van der Waals surface area contributed by atoms with Crippen LogP contribution in [0.15, 0.2) is 24.3 Å². The molecule has 0 aromatic heterocycles. The highest BCUT2D eigenvalue weighted by Crippen LogP contribution is 2.40. The van der Waals surface area contributed by atoms with Gasteiger partial charge >= 0.3 is 0 Å². The zero-order valence-electron chi connectivity index (χ0n) is 10.0. The van der Waals surface area contributed by atoms with Crippen molar-refractivity contribution in [1.82, 2.24) is 5.32 Å². The van der Waals surface area contributed by atoms with Gasteiger partial charge in [0.15, 0.2) is 0 Å². The van der Waals surface area contributed by atoms with Crippen LogP contribution in [-0.4, -0.2) is 18.8 Å². The second-order valence-electron chi connectivity index (χ2n) is 5.74. The molecule has 1 fully saturated rings. The molecule has 0 bridgehead atoms. The molecule has 0 amide bonds. The van der Waals surface area contributed by atoms with Gasteiger partial charge < -0.3 is 4.74 Å². The quantitative estimate of drug-likeness (QED) is 0.719. The van der Waals surface area contributed by atoms with Crippen molar-refractivity contribution >= 4 is 0 Å². The van der Waals surface area contributed by atoms with E-state index >= 15 is 0 Å². The summed E-state index contributed by atoms with van der Waals surface area (Å²) < 4.78 is 5.82. The summed E-state index contributed by atoms with van der Waals surface area (Å²) in [5.74, 6) is 0. The first-order valence-electron chi connectivity index (χ1n) is 6.07. The molecule has 1 aliphatic carbocycles. The Morgan fingerprint density at radius 2 is 2.00 bits per heavy atom. The van der Waals surface area contributed by atoms with Crippen LogP contribution in [0.3, 0.4) is 0 Å². The van der Waals surface area contributed by atoms with E-state index in [0.29, 0.717) is 0 Å². The molecule has 86 valence electrons. The number of hydrogen-bond acceptors (Lipinski definition) is 2. The van der Waals surface area contributed by atoms with E-state index < -0.39 is 0 Å². The summed E-state index contributed by atoms with van der Waals surface area (Å²) in [5, 5.41) is 3.80. The van der Waals surface area contributed by atoms with Gasteiger partial charge in [-0.05, 0) is 37.8 Å². The SMILES string of the molecule is CC1(C)COC[C@@]2(CCc3ccccc32)N1. The summed E-state index contributed by atoms with van der Waals surface area (Å²) in [6, 6.07) is 8.76.